The number of fused-ring (bicyclic) bond motifs is 1. The highest BCUT2D eigenvalue weighted by atomic mass is 35.5. The topological polar surface area (TPSA) is 103 Å². The maximum atomic E-state index is 14.0. The summed E-state index contributed by atoms with van der Waals surface area (Å²) in [6.07, 6.45) is 1.29. The van der Waals surface area contributed by atoms with Gasteiger partial charge in [-0.2, -0.15) is 0 Å². The van der Waals surface area contributed by atoms with Crippen LogP contribution in [0.4, 0.5) is 14.9 Å². The molecule has 2 aliphatic heterocycles. The van der Waals surface area contributed by atoms with Crippen molar-refractivity contribution in [3.63, 3.8) is 0 Å². The lowest BCUT2D eigenvalue weighted by Gasteiger charge is -2.26. The molecule has 5 rings (SSSR count). The number of nitrogens with one attached hydrogen (secondary N) is 1. The predicted octanol–water partition coefficient (Wildman–Crippen LogP) is 4.85. The molecule has 9 nitrogen and oxygen atoms in total. The molecule has 0 spiro atoms. The van der Waals surface area contributed by atoms with Crippen molar-refractivity contribution in [2.75, 3.05) is 18.3 Å². The van der Waals surface area contributed by atoms with Crippen LogP contribution in [0.15, 0.2) is 60.2 Å². The molecular weight excluding hydrogens is 519 g/mol. The van der Waals surface area contributed by atoms with Crippen LogP contribution in [0, 0.1) is 5.82 Å². The third-order valence-corrected chi connectivity index (χ3v) is 5.97. The quantitative estimate of drug-likeness (QED) is 0.339. The van der Waals surface area contributed by atoms with E-state index in [0.29, 0.717) is 22.6 Å². The molecule has 3 aromatic carbocycles. The van der Waals surface area contributed by atoms with Crippen LogP contribution in [-0.2, 0) is 16.2 Å². The first-order chi connectivity index (χ1) is 18.4. The Morgan fingerprint density at radius 2 is 1.84 bits per heavy atom. The Hall–Kier alpha value is -4.57. The summed E-state index contributed by atoms with van der Waals surface area (Å²) >= 11 is 6.46. The minimum atomic E-state index is -0.902. The molecule has 2 aliphatic rings. The van der Waals surface area contributed by atoms with E-state index in [1.807, 2.05) is 0 Å². The predicted molar refractivity (Wildman–Crippen MR) is 135 cm³/mol. The number of carbonyl (C=O) groups is 3. The van der Waals surface area contributed by atoms with Crippen LogP contribution < -0.4 is 29.2 Å². The highest BCUT2D eigenvalue weighted by Gasteiger charge is 2.37. The van der Waals surface area contributed by atoms with Crippen LogP contribution in [0.25, 0.3) is 6.08 Å². The molecule has 0 bridgehead atoms. The average Bonchev–Trinajstić information content (AvgIpc) is 3.35. The molecule has 2 heterocycles. The van der Waals surface area contributed by atoms with Crippen molar-refractivity contribution in [1.29, 1.82) is 0 Å². The lowest BCUT2D eigenvalue weighted by Crippen LogP contribution is -2.54. The van der Waals surface area contributed by atoms with E-state index < -0.39 is 23.7 Å². The summed E-state index contributed by atoms with van der Waals surface area (Å²) in [5.74, 6) is -0.888. The zero-order valence-corrected chi connectivity index (χ0v) is 20.7. The summed E-state index contributed by atoms with van der Waals surface area (Å²) in [5, 5.41) is 2.29. The smallest absolute Gasteiger partial charge is 0.335 e. The number of rotatable bonds is 7. The maximum Gasteiger partial charge on any atom is 0.335 e. The van der Waals surface area contributed by atoms with Gasteiger partial charge in [0.05, 0.1) is 17.3 Å². The van der Waals surface area contributed by atoms with Crippen molar-refractivity contribution in [1.82, 2.24) is 5.32 Å². The number of carbonyl (C=O) groups excluding carboxylic acids is 3. The summed E-state index contributed by atoms with van der Waals surface area (Å²) in [5.41, 5.74) is 0.561. The Morgan fingerprint density at radius 1 is 1.05 bits per heavy atom. The summed E-state index contributed by atoms with van der Waals surface area (Å²) in [6, 6.07) is 12.8. The molecule has 194 valence electrons. The first-order valence-electron chi connectivity index (χ1n) is 11.5. The third-order valence-electron chi connectivity index (χ3n) is 5.69. The number of nitrogens with zero attached hydrogens (tertiary/aromatic N) is 1. The van der Waals surface area contributed by atoms with Gasteiger partial charge in [-0.15, -0.1) is 0 Å². The number of imide groups is 2. The zero-order valence-electron chi connectivity index (χ0n) is 20.0. The molecule has 1 saturated heterocycles. The Bertz CT molecular complexity index is 1490. The third kappa shape index (κ3) is 4.85. The largest absolute Gasteiger partial charge is 0.490 e. The summed E-state index contributed by atoms with van der Waals surface area (Å²) in [4.78, 5) is 39.3. The van der Waals surface area contributed by atoms with Crippen molar-refractivity contribution in [3.05, 3.63) is 82.1 Å². The lowest BCUT2D eigenvalue weighted by molar-refractivity contribution is -0.122. The van der Waals surface area contributed by atoms with Gasteiger partial charge in [0, 0.05) is 11.6 Å². The second kappa shape index (κ2) is 10.4. The first kappa shape index (κ1) is 25.1. The van der Waals surface area contributed by atoms with Crippen LogP contribution >= 0.6 is 11.6 Å². The van der Waals surface area contributed by atoms with Gasteiger partial charge in [0.1, 0.15) is 18.0 Å². The molecule has 0 atom stereocenters. The molecule has 38 heavy (non-hydrogen) atoms. The minimum Gasteiger partial charge on any atom is -0.490 e. The fraction of sp³-hybridized carbons (Fsp3) is 0.148. The van der Waals surface area contributed by atoms with Crippen LogP contribution in [0.3, 0.4) is 0 Å². The maximum absolute atomic E-state index is 14.0. The molecule has 0 unspecified atom stereocenters. The Morgan fingerprint density at radius 3 is 2.63 bits per heavy atom. The summed E-state index contributed by atoms with van der Waals surface area (Å²) < 4.78 is 36.0. The fourth-order valence-corrected chi connectivity index (χ4v) is 4.20. The zero-order chi connectivity index (χ0) is 26.8. The number of hydrogen-bond acceptors (Lipinski definition) is 7. The van der Waals surface area contributed by atoms with Crippen molar-refractivity contribution >= 4 is 41.2 Å². The molecule has 3 aromatic rings. The first-order valence-corrected chi connectivity index (χ1v) is 11.9. The van der Waals surface area contributed by atoms with E-state index in [-0.39, 0.29) is 47.8 Å². The highest BCUT2D eigenvalue weighted by molar-refractivity contribution is 6.39. The van der Waals surface area contributed by atoms with E-state index in [4.69, 9.17) is 30.5 Å². The molecule has 1 fully saturated rings. The van der Waals surface area contributed by atoms with Gasteiger partial charge in [0.2, 0.25) is 6.79 Å². The van der Waals surface area contributed by atoms with Crippen LogP contribution in [-0.4, -0.2) is 31.2 Å². The molecule has 0 saturated carbocycles. The number of barbiturate groups is 1. The number of benzene rings is 3. The lowest BCUT2D eigenvalue weighted by atomic mass is 10.1. The highest BCUT2D eigenvalue weighted by Crippen LogP contribution is 2.39. The Labute approximate surface area is 221 Å². The van der Waals surface area contributed by atoms with Gasteiger partial charge in [0.15, 0.2) is 23.0 Å². The number of amides is 4. The Kier molecular flexibility index (Phi) is 6.89. The molecular formula is C27H20ClFN2O7. The fourth-order valence-electron chi connectivity index (χ4n) is 3.92. The van der Waals surface area contributed by atoms with E-state index >= 15 is 0 Å². The molecule has 11 heteroatoms. The van der Waals surface area contributed by atoms with Gasteiger partial charge in [-0.05, 0) is 48.9 Å². The molecule has 0 aliphatic carbocycles. The number of halogens is 2. The number of urea groups is 1. The van der Waals surface area contributed by atoms with Gasteiger partial charge < -0.3 is 18.9 Å². The van der Waals surface area contributed by atoms with E-state index in [1.165, 1.54) is 36.4 Å². The number of anilines is 1. The van der Waals surface area contributed by atoms with E-state index in [2.05, 4.69) is 5.32 Å². The Balaban J connectivity index is 1.46. The molecule has 1 N–H and O–H groups in total. The van der Waals surface area contributed by atoms with Crippen molar-refractivity contribution in [3.8, 4) is 23.0 Å². The minimum absolute atomic E-state index is 0.0193. The molecule has 0 radical (unpaired) electrons. The average molecular weight is 539 g/mol. The van der Waals surface area contributed by atoms with Crippen molar-refractivity contribution in [2.45, 2.75) is 13.5 Å². The van der Waals surface area contributed by atoms with Crippen molar-refractivity contribution in [2.24, 2.45) is 0 Å². The van der Waals surface area contributed by atoms with E-state index in [9.17, 15) is 18.8 Å². The van der Waals surface area contributed by atoms with Gasteiger partial charge in [0.25, 0.3) is 11.8 Å². The van der Waals surface area contributed by atoms with Gasteiger partial charge in [-0.25, -0.2) is 14.1 Å². The standard InChI is InChI=1S/C27H20ClFN2O7/c1-2-35-23-11-15(10-19(28)24(23)36-13-16-5-3-4-6-20(16)29)9-18-25(32)30-27(34)31(26(18)33)17-7-8-21-22(12-17)38-14-37-21/h3-12H,2,13-14H2,1H3,(H,30,32,34)/b18-9+. The SMILES string of the molecule is CCOc1cc(/C=C2\C(=O)NC(=O)N(c3ccc4c(c3)OCO4)C2=O)cc(Cl)c1OCc1ccccc1F. The van der Waals surface area contributed by atoms with E-state index in [1.54, 1.807) is 31.2 Å². The van der Waals surface area contributed by atoms with Gasteiger partial charge in [-0.3, -0.25) is 14.9 Å². The number of hydrogen-bond donors (Lipinski definition) is 1. The van der Waals surface area contributed by atoms with Crippen LogP contribution in [0.2, 0.25) is 5.02 Å². The van der Waals surface area contributed by atoms with Crippen LogP contribution in [0.5, 0.6) is 23.0 Å². The van der Waals surface area contributed by atoms with Gasteiger partial charge in [-0.1, -0.05) is 29.8 Å². The summed E-state index contributed by atoms with van der Waals surface area (Å²) in [6.45, 7) is 1.94. The number of ether oxygens (including phenoxy) is 4. The normalized spacial score (nSPS) is 15.6. The second-order valence-electron chi connectivity index (χ2n) is 8.14. The summed E-state index contributed by atoms with van der Waals surface area (Å²) in [7, 11) is 0. The van der Waals surface area contributed by atoms with E-state index in [0.717, 1.165) is 4.90 Å². The van der Waals surface area contributed by atoms with Gasteiger partial charge >= 0.3 is 6.03 Å². The molecule has 4 amide bonds. The second-order valence-corrected chi connectivity index (χ2v) is 8.55. The monoisotopic (exact) mass is 538 g/mol. The van der Waals surface area contributed by atoms with Crippen LogP contribution in [0.1, 0.15) is 18.1 Å². The van der Waals surface area contributed by atoms with Crippen molar-refractivity contribution < 1.29 is 37.7 Å². The molecule has 0 aromatic heterocycles.